The molecule has 112 valence electrons. The highest BCUT2D eigenvalue weighted by molar-refractivity contribution is 6.01. The van der Waals surface area contributed by atoms with Gasteiger partial charge in [0.15, 0.2) is 0 Å². The number of nitrogens with one attached hydrogen (secondary N) is 3. The van der Waals surface area contributed by atoms with Crippen LogP contribution in [0, 0.1) is 0 Å². The first kappa shape index (κ1) is 13.1. The number of hydrogen-bond acceptors (Lipinski definition) is 2. The van der Waals surface area contributed by atoms with Gasteiger partial charge < -0.3 is 10.3 Å². The van der Waals surface area contributed by atoms with Gasteiger partial charge >= 0.3 is 0 Å². The second-order valence-electron chi connectivity index (χ2n) is 6.53. The van der Waals surface area contributed by atoms with Gasteiger partial charge in [-0.2, -0.15) is 5.10 Å². The minimum atomic E-state index is -0.0640. The second kappa shape index (κ2) is 4.22. The van der Waals surface area contributed by atoms with Crippen molar-refractivity contribution in [2.24, 2.45) is 0 Å². The molecule has 3 aromatic rings. The summed E-state index contributed by atoms with van der Waals surface area (Å²) in [6, 6.07) is 5.80. The maximum absolute atomic E-state index is 11.9. The number of carbonyl (C=O) groups excluding carboxylic acids is 1. The zero-order chi connectivity index (χ0) is 15.5. The fourth-order valence-electron chi connectivity index (χ4n) is 3.59. The molecule has 1 amide bonds. The number of hydrogen-bond donors (Lipinski definition) is 3. The third-order valence-corrected chi connectivity index (χ3v) is 4.55. The van der Waals surface area contributed by atoms with Gasteiger partial charge in [-0.15, -0.1) is 0 Å². The third kappa shape index (κ3) is 1.65. The van der Waals surface area contributed by atoms with Crippen LogP contribution in [0.15, 0.2) is 24.4 Å². The van der Waals surface area contributed by atoms with Crippen molar-refractivity contribution in [3.05, 3.63) is 41.1 Å². The van der Waals surface area contributed by atoms with Crippen LogP contribution >= 0.6 is 0 Å². The van der Waals surface area contributed by atoms with Crippen LogP contribution in [0.1, 0.15) is 35.3 Å². The Bertz CT molecular complexity index is 901. The van der Waals surface area contributed by atoms with Crippen LogP contribution in [0.4, 0.5) is 0 Å². The van der Waals surface area contributed by atoms with Gasteiger partial charge in [-0.3, -0.25) is 9.89 Å². The van der Waals surface area contributed by atoms with Gasteiger partial charge in [0.25, 0.3) is 5.91 Å². The smallest absolute Gasteiger partial charge is 0.251 e. The number of aromatic nitrogens is 3. The minimum Gasteiger partial charge on any atom is -0.355 e. The molecule has 2 heterocycles. The Hall–Kier alpha value is -2.56. The molecular formula is C17H18N4O. The SMILES string of the molecule is CNC(=O)c1ccc2[nH]c3c(c2c1)C(C)(C)Cc1c[nH]nc1-3. The van der Waals surface area contributed by atoms with Crippen molar-refractivity contribution in [2.45, 2.75) is 25.7 Å². The number of amides is 1. The summed E-state index contributed by atoms with van der Waals surface area (Å²) >= 11 is 0. The van der Waals surface area contributed by atoms with Gasteiger partial charge in [0.2, 0.25) is 0 Å². The molecule has 0 saturated carbocycles. The van der Waals surface area contributed by atoms with E-state index in [1.54, 1.807) is 7.05 Å². The van der Waals surface area contributed by atoms with Crippen molar-refractivity contribution in [1.82, 2.24) is 20.5 Å². The number of H-pyrrole nitrogens is 2. The van der Waals surface area contributed by atoms with Crippen molar-refractivity contribution < 1.29 is 4.79 Å². The van der Waals surface area contributed by atoms with Crippen LogP contribution in [-0.4, -0.2) is 28.1 Å². The normalized spacial score (nSPS) is 15.4. The molecule has 0 bridgehead atoms. The molecule has 1 aromatic carbocycles. The van der Waals surface area contributed by atoms with E-state index in [-0.39, 0.29) is 11.3 Å². The number of nitrogens with zero attached hydrogens (tertiary/aromatic N) is 1. The van der Waals surface area contributed by atoms with E-state index in [2.05, 4.69) is 34.3 Å². The number of benzene rings is 1. The highest BCUT2D eigenvalue weighted by Crippen LogP contribution is 2.45. The summed E-state index contributed by atoms with van der Waals surface area (Å²) in [5, 5.41) is 11.2. The Morgan fingerprint density at radius 3 is 2.95 bits per heavy atom. The number of fused-ring (bicyclic) bond motifs is 5. The molecule has 2 aromatic heterocycles. The zero-order valence-corrected chi connectivity index (χ0v) is 12.9. The van der Waals surface area contributed by atoms with Gasteiger partial charge in [0, 0.05) is 35.3 Å². The lowest BCUT2D eigenvalue weighted by molar-refractivity contribution is 0.0963. The predicted molar refractivity (Wildman–Crippen MR) is 86.0 cm³/mol. The van der Waals surface area contributed by atoms with Crippen LogP contribution in [-0.2, 0) is 11.8 Å². The largest absolute Gasteiger partial charge is 0.355 e. The van der Waals surface area contributed by atoms with E-state index >= 15 is 0 Å². The van der Waals surface area contributed by atoms with E-state index in [1.165, 1.54) is 11.1 Å². The summed E-state index contributed by atoms with van der Waals surface area (Å²) < 4.78 is 0. The molecule has 0 aliphatic heterocycles. The summed E-state index contributed by atoms with van der Waals surface area (Å²) in [5.74, 6) is -0.0640. The topological polar surface area (TPSA) is 73.6 Å². The molecule has 0 fully saturated rings. The van der Waals surface area contributed by atoms with E-state index < -0.39 is 0 Å². The van der Waals surface area contributed by atoms with Crippen LogP contribution < -0.4 is 5.32 Å². The average Bonchev–Trinajstić information content (AvgIpc) is 3.08. The summed E-state index contributed by atoms with van der Waals surface area (Å²) in [6.45, 7) is 4.48. The standard InChI is InChI=1S/C17H18N4O/c1-17(2)7-10-8-19-21-14(10)15-13(17)11-6-9(16(22)18-3)4-5-12(11)20-15/h4-6,8,20H,7H2,1-3H3,(H,18,22)(H,19,21). The van der Waals surface area contributed by atoms with Crippen molar-refractivity contribution in [3.8, 4) is 11.4 Å². The van der Waals surface area contributed by atoms with Gasteiger partial charge in [0.05, 0.1) is 5.69 Å². The Balaban J connectivity index is 2.04. The predicted octanol–water partition coefficient (Wildman–Crippen LogP) is 2.75. The fourth-order valence-corrected chi connectivity index (χ4v) is 3.59. The van der Waals surface area contributed by atoms with Gasteiger partial charge in [0.1, 0.15) is 5.69 Å². The van der Waals surface area contributed by atoms with Gasteiger partial charge in [-0.1, -0.05) is 13.8 Å². The average molecular weight is 294 g/mol. The molecule has 3 N–H and O–H groups in total. The Labute approximate surface area is 128 Å². The maximum atomic E-state index is 11.9. The summed E-state index contributed by atoms with van der Waals surface area (Å²) in [7, 11) is 1.65. The lowest BCUT2D eigenvalue weighted by Gasteiger charge is -2.29. The lowest BCUT2D eigenvalue weighted by Crippen LogP contribution is -2.24. The van der Waals surface area contributed by atoms with E-state index in [4.69, 9.17) is 0 Å². The third-order valence-electron chi connectivity index (χ3n) is 4.55. The fraction of sp³-hybridized carbons (Fsp3) is 0.294. The minimum absolute atomic E-state index is 0.00816. The molecule has 5 nitrogen and oxygen atoms in total. The summed E-state index contributed by atoms with van der Waals surface area (Å²) in [4.78, 5) is 15.4. The summed E-state index contributed by atoms with van der Waals surface area (Å²) in [6.07, 6.45) is 2.91. The quantitative estimate of drug-likeness (QED) is 0.645. The first-order valence-corrected chi connectivity index (χ1v) is 7.42. The molecule has 1 aliphatic rings. The molecule has 5 heteroatoms. The first-order valence-electron chi connectivity index (χ1n) is 7.42. The molecule has 0 unspecified atom stereocenters. The molecule has 0 spiro atoms. The molecule has 4 rings (SSSR count). The van der Waals surface area contributed by atoms with E-state index in [9.17, 15) is 4.79 Å². The Morgan fingerprint density at radius 2 is 2.18 bits per heavy atom. The molecule has 1 aliphatic carbocycles. The highest BCUT2D eigenvalue weighted by atomic mass is 16.1. The lowest BCUT2D eigenvalue weighted by atomic mass is 9.73. The Morgan fingerprint density at radius 1 is 1.36 bits per heavy atom. The monoisotopic (exact) mass is 294 g/mol. The van der Waals surface area contributed by atoms with Crippen molar-refractivity contribution in [2.75, 3.05) is 7.05 Å². The first-order chi connectivity index (χ1) is 10.5. The van der Waals surface area contributed by atoms with Crippen LogP contribution in [0.2, 0.25) is 0 Å². The number of aromatic amines is 2. The highest BCUT2D eigenvalue weighted by Gasteiger charge is 2.35. The van der Waals surface area contributed by atoms with Crippen molar-refractivity contribution >= 4 is 16.8 Å². The molecular weight excluding hydrogens is 276 g/mol. The molecule has 0 radical (unpaired) electrons. The van der Waals surface area contributed by atoms with Crippen LogP contribution in [0.5, 0.6) is 0 Å². The zero-order valence-electron chi connectivity index (χ0n) is 12.9. The molecule has 22 heavy (non-hydrogen) atoms. The molecule has 0 atom stereocenters. The van der Waals surface area contributed by atoms with E-state index in [0.29, 0.717) is 5.56 Å². The van der Waals surface area contributed by atoms with Crippen LogP contribution in [0.3, 0.4) is 0 Å². The summed E-state index contributed by atoms with van der Waals surface area (Å²) in [5.41, 5.74) is 6.25. The van der Waals surface area contributed by atoms with Gasteiger partial charge in [-0.05, 0) is 35.6 Å². The van der Waals surface area contributed by atoms with E-state index in [1.807, 2.05) is 24.4 Å². The van der Waals surface area contributed by atoms with Crippen LogP contribution in [0.25, 0.3) is 22.3 Å². The van der Waals surface area contributed by atoms with Crippen molar-refractivity contribution in [3.63, 3.8) is 0 Å². The van der Waals surface area contributed by atoms with Crippen molar-refractivity contribution in [1.29, 1.82) is 0 Å². The Kier molecular flexibility index (Phi) is 2.52. The second-order valence-corrected chi connectivity index (χ2v) is 6.53. The maximum Gasteiger partial charge on any atom is 0.251 e. The molecule has 0 saturated heterocycles. The van der Waals surface area contributed by atoms with E-state index in [0.717, 1.165) is 28.7 Å². The number of carbonyl (C=O) groups is 1. The number of rotatable bonds is 1. The van der Waals surface area contributed by atoms with Gasteiger partial charge in [-0.25, -0.2) is 0 Å².